The van der Waals surface area contributed by atoms with Crippen LogP contribution in [0, 0.1) is 17.6 Å². The van der Waals surface area contributed by atoms with Gasteiger partial charge in [0.15, 0.2) is 5.76 Å². The number of carbonyl (C=O) groups excluding carboxylic acids is 1. The van der Waals surface area contributed by atoms with Crippen molar-refractivity contribution in [3.8, 4) is 11.3 Å². The molecule has 162 valence electrons. The lowest BCUT2D eigenvalue weighted by molar-refractivity contribution is -0.132. The predicted molar refractivity (Wildman–Crippen MR) is 113 cm³/mol. The second kappa shape index (κ2) is 8.98. The molecule has 1 amide bonds. The maximum atomic E-state index is 14.4. The van der Waals surface area contributed by atoms with Crippen LogP contribution in [0.5, 0.6) is 0 Å². The number of nitrogens with one attached hydrogen (secondary N) is 1. The molecule has 1 N–H and O–H groups in total. The average molecular weight is 425 g/mol. The molecule has 1 fully saturated rings. The van der Waals surface area contributed by atoms with Gasteiger partial charge in [0.05, 0.1) is 17.8 Å². The first-order valence-corrected chi connectivity index (χ1v) is 10.4. The van der Waals surface area contributed by atoms with E-state index in [1.165, 1.54) is 18.2 Å². The largest absolute Gasteiger partial charge is 0.356 e. The van der Waals surface area contributed by atoms with Gasteiger partial charge >= 0.3 is 0 Å². The molecule has 4 rings (SSSR count). The van der Waals surface area contributed by atoms with Crippen LogP contribution >= 0.6 is 0 Å². The van der Waals surface area contributed by atoms with Crippen molar-refractivity contribution in [2.45, 2.75) is 38.9 Å². The molecule has 0 aliphatic carbocycles. The highest BCUT2D eigenvalue weighted by atomic mass is 19.1. The Labute approximate surface area is 180 Å². The number of hydrogen-bond acceptors (Lipinski definition) is 4. The van der Waals surface area contributed by atoms with Crippen molar-refractivity contribution in [3.05, 3.63) is 77.5 Å². The van der Waals surface area contributed by atoms with E-state index < -0.39 is 6.04 Å². The lowest BCUT2D eigenvalue weighted by atomic mass is 9.95. The summed E-state index contributed by atoms with van der Waals surface area (Å²) in [6, 6.07) is 13.5. The van der Waals surface area contributed by atoms with Gasteiger partial charge in [-0.3, -0.25) is 9.69 Å². The van der Waals surface area contributed by atoms with Crippen LogP contribution in [-0.2, 0) is 11.3 Å². The van der Waals surface area contributed by atoms with Crippen molar-refractivity contribution >= 4 is 5.91 Å². The normalized spacial score (nSPS) is 19.6. The Hall–Kier alpha value is -3.06. The molecular formula is C24H25F2N3O2. The third-order valence-electron chi connectivity index (χ3n) is 5.51. The maximum Gasteiger partial charge on any atom is 0.237 e. The van der Waals surface area contributed by atoms with Gasteiger partial charge in [-0.05, 0) is 42.7 Å². The van der Waals surface area contributed by atoms with Gasteiger partial charge in [-0.15, -0.1) is 0 Å². The summed E-state index contributed by atoms with van der Waals surface area (Å²) in [5, 5.41) is 7.13. The number of hydrogen-bond donors (Lipinski definition) is 1. The minimum atomic E-state index is -0.444. The summed E-state index contributed by atoms with van der Waals surface area (Å²) >= 11 is 0. The van der Waals surface area contributed by atoms with E-state index in [-0.39, 0.29) is 23.6 Å². The van der Waals surface area contributed by atoms with Crippen molar-refractivity contribution in [3.63, 3.8) is 0 Å². The fraction of sp³-hybridized carbons (Fsp3) is 0.333. The minimum Gasteiger partial charge on any atom is -0.356 e. The first-order chi connectivity index (χ1) is 14.9. The third-order valence-corrected chi connectivity index (χ3v) is 5.51. The highest BCUT2D eigenvalue weighted by Gasteiger charge is 2.36. The molecule has 0 spiro atoms. The van der Waals surface area contributed by atoms with Crippen molar-refractivity contribution in [1.82, 2.24) is 15.4 Å². The van der Waals surface area contributed by atoms with Crippen LogP contribution < -0.4 is 5.32 Å². The number of nitrogens with zero attached hydrogens (tertiary/aromatic N) is 2. The molecule has 7 heteroatoms. The Bertz CT molecular complexity index is 1050. The second-order valence-corrected chi connectivity index (χ2v) is 8.35. The molecule has 2 heterocycles. The van der Waals surface area contributed by atoms with Crippen LogP contribution in [0.25, 0.3) is 11.3 Å². The summed E-state index contributed by atoms with van der Waals surface area (Å²) in [6.07, 6.45) is 0.679. The predicted octanol–water partition coefficient (Wildman–Crippen LogP) is 4.71. The molecule has 31 heavy (non-hydrogen) atoms. The van der Waals surface area contributed by atoms with Gasteiger partial charge in [-0.2, -0.15) is 0 Å². The van der Waals surface area contributed by atoms with Crippen molar-refractivity contribution in [2.24, 2.45) is 5.92 Å². The lowest BCUT2D eigenvalue weighted by Gasteiger charge is -2.40. The number of benzene rings is 2. The summed E-state index contributed by atoms with van der Waals surface area (Å²) in [5.74, 6) is 0.0712. The van der Waals surface area contributed by atoms with E-state index in [1.54, 1.807) is 36.4 Å². The topological polar surface area (TPSA) is 58.4 Å². The van der Waals surface area contributed by atoms with Gasteiger partial charge in [0.2, 0.25) is 5.91 Å². The monoisotopic (exact) mass is 425 g/mol. The summed E-state index contributed by atoms with van der Waals surface area (Å²) in [5.41, 5.74) is 1.85. The van der Waals surface area contributed by atoms with Gasteiger partial charge in [0.25, 0.3) is 0 Å². The van der Waals surface area contributed by atoms with Gasteiger partial charge in [0, 0.05) is 30.3 Å². The number of aromatic nitrogens is 1. The summed E-state index contributed by atoms with van der Waals surface area (Å²) in [6.45, 7) is 4.98. The zero-order valence-electron chi connectivity index (χ0n) is 17.5. The van der Waals surface area contributed by atoms with E-state index in [1.807, 2.05) is 4.90 Å². The second-order valence-electron chi connectivity index (χ2n) is 8.35. The smallest absolute Gasteiger partial charge is 0.237 e. The molecule has 0 radical (unpaired) electrons. The van der Waals surface area contributed by atoms with E-state index in [0.717, 1.165) is 5.56 Å². The zero-order chi connectivity index (χ0) is 22.0. The zero-order valence-corrected chi connectivity index (χ0v) is 17.5. The Kier molecular flexibility index (Phi) is 6.13. The van der Waals surface area contributed by atoms with E-state index in [9.17, 15) is 13.6 Å². The van der Waals surface area contributed by atoms with Crippen LogP contribution in [-0.4, -0.2) is 28.6 Å². The number of amides is 1. The standard InChI is InChI=1S/C24H25F2N3O2/c1-15(2)11-22-24(30)27-21(19-5-3-4-6-20(19)26)14-29(22)13-18-12-23(31-28-18)16-7-9-17(25)10-8-16/h3-10,12,15,21-22H,11,13-14H2,1-2H3,(H,27,30)/t21-,22+/m1/s1. The molecule has 1 aliphatic rings. The number of halogens is 2. The highest BCUT2D eigenvalue weighted by molar-refractivity contribution is 5.83. The molecule has 1 aromatic heterocycles. The van der Waals surface area contributed by atoms with Crippen LogP contribution in [0.3, 0.4) is 0 Å². The molecule has 0 saturated carbocycles. The van der Waals surface area contributed by atoms with E-state index in [2.05, 4.69) is 24.3 Å². The molecule has 0 bridgehead atoms. The Morgan fingerprint density at radius 2 is 1.90 bits per heavy atom. The van der Waals surface area contributed by atoms with Crippen LogP contribution in [0.4, 0.5) is 8.78 Å². The molecule has 1 aliphatic heterocycles. The minimum absolute atomic E-state index is 0.115. The maximum absolute atomic E-state index is 14.4. The fourth-order valence-electron chi connectivity index (χ4n) is 4.00. The lowest BCUT2D eigenvalue weighted by Crippen LogP contribution is -2.56. The van der Waals surface area contributed by atoms with Gasteiger partial charge in [-0.1, -0.05) is 37.2 Å². The molecule has 1 saturated heterocycles. The quantitative estimate of drug-likeness (QED) is 0.622. The Balaban J connectivity index is 1.57. The van der Waals surface area contributed by atoms with E-state index in [0.29, 0.717) is 42.4 Å². The SMILES string of the molecule is CC(C)C[C@H]1C(=O)N[C@@H](c2ccccc2F)CN1Cc1cc(-c2ccc(F)cc2)on1. The van der Waals surface area contributed by atoms with Crippen LogP contribution in [0.1, 0.15) is 37.6 Å². The van der Waals surface area contributed by atoms with E-state index >= 15 is 0 Å². The van der Waals surface area contributed by atoms with Crippen molar-refractivity contribution < 1.29 is 18.1 Å². The first-order valence-electron chi connectivity index (χ1n) is 10.4. The number of carbonyl (C=O) groups is 1. The molecular weight excluding hydrogens is 400 g/mol. The highest BCUT2D eigenvalue weighted by Crippen LogP contribution is 2.28. The van der Waals surface area contributed by atoms with Gasteiger partial charge < -0.3 is 9.84 Å². The molecule has 2 aromatic carbocycles. The molecule has 0 unspecified atom stereocenters. The summed E-state index contributed by atoms with van der Waals surface area (Å²) in [4.78, 5) is 15.0. The third kappa shape index (κ3) is 4.82. The van der Waals surface area contributed by atoms with Gasteiger partial charge in [-0.25, -0.2) is 8.78 Å². The fourth-order valence-corrected chi connectivity index (χ4v) is 4.00. The van der Waals surface area contributed by atoms with Crippen molar-refractivity contribution in [1.29, 1.82) is 0 Å². The number of piperazine rings is 1. The van der Waals surface area contributed by atoms with Crippen LogP contribution in [0.2, 0.25) is 0 Å². The van der Waals surface area contributed by atoms with Crippen LogP contribution in [0.15, 0.2) is 59.1 Å². The van der Waals surface area contributed by atoms with Crippen molar-refractivity contribution in [2.75, 3.05) is 6.54 Å². The first kappa shape index (κ1) is 21.2. The summed E-state index contributed by atoms with van der Waals surface area (Å²) in [7, 11) is 0. The summed E-state index contributed by atoms with van der Waals surface area (Å²) < 4.78 is 33.0. The van der Waals surface area contributed by atoms with Gasteiger partial charge in [0.1, 0.15) is 11.6 Å². The number of rotatable bonds is 6. The Morgan fingerprint density at radius 1 is 1.16 bits per heavy atom. The molecule has 2 atom stereocenters. The van der Waals surface area contributed by atoms with E-state index in [4.69, 9.17) is 4.52 Å². The molecule has 3 aromatic rings. The Morgan fingerprint density at radius 3 is 2.61 bits per heavy atom. The average Bonchev–Trinajstić information content (AvgIpc) is 3.19. The molecule has 5 nitrogen and oxygen atoms in total.